The average molecular weight is 328 g/mol. The molecule has 24 heavy (non-hydrogen) atoms. The lowest BCUT2D eigenvalue weighted by atomic mass is 9.60. The van der Waals surface area contributed by atoms with E-state index in [-0.39, 0.29) is 6.03 Å². The largest absolute Gasteiger partial charge is 0.323 e. The van der Waals surface area contributed by atoms with Crippen LogP contribution in [0.2, 0.25) is 0 Å². The van der Waals surface area contributed by atoms with E-state index in [2.05, 4.69) is 20.1 Å². The molecule has 5 fully saturated rings. The Labute approximate surface area is 141 Å². The first-order valence-corrected chi connectivity index (χ1v) is 9.30. The summed E-state index contributed by atoms with van der Waals surface area (Å²) >= 11 is 0. The van der Waals surface area contributed by atoms with Gasteiger partial charge in [0.1, 0.15) is 6.33 Å². The van der Waals surface area contributed by atoms with Crippen LogP contribution in [0.15, 0.2) is 6.33 Å². The molecule has 5 aliphatic rings. The summed E-state index contributed by atoms with van der Waals surface area (Å²) < 4.78 is 2.08. The van der Waals surface area contributed by atoms with Crippen molar-refractivity contribution in [3.63, 3.8) is 0 Å². The Bertz CT molecular complexity index is 684. The van der Waals surface area contributed by atoms with Gasteiger partial charge in [0.15, 0.2) is 5.82 Å². The second-order valence-corrected chi connectivity index (χ2v) is 9.02. The van der Waals surface area contributed by atoms with Gasteiger partial charge in [-0.1, -0.05) is 0 Å². The number of likely N-dealkylation sites (tertiary alicyclic amines) is 2. The zero-order valence-corrected chi connectivity index (χ0v) is 13.9. The van der Waals surface area contributed by atoms with E-state index in [4.69, 9.17) is 0 Å². The van der Waals surface area contributed by atoms with Gasteiger partial charge in [0, 0.05) is 56.0 Å². The van der Waals surface area contributed by atoms with Crippen molar-refractivity contribution in [3.8, 4) is 0 Å². The van der Waals surface area contributed by atoms with Gasteiger partial charge in [-0.2, -0.15) is 5.10 Å². The number of amides is 2. The molecule has 0 bridgehead atoms. The van der Waals surface area contributed by atoms with Gasteiger partial charge in [-0.15, -0.1) is 0 Å². The molecule has 1 aromatic rings. The van der Waals surface area contributed by atoms with Gasteiger partial charge in [0.25, 0.3) is 0 Å². The van der Waals surface area contributed by atoms with Gasteiger partial charge in [0.2, 0.25) is 0 Å². The topological polar surface area (TPSA) is 66.3 Å². The van der Waals surface area contributed by atoms with Crippen LogP contribution in [-0.2, 0) is 0 Å². The Balaban J connectivity index is 1.02. The van der Waals surface area contributed by atoms with Crippen LogP contribution in [0.1, 0.15) is 43.5 Å². The molecule has 1 aromatic heterocycles. The fourth-order valence-electron chi connectivity index (χ4n) is 5.08. The number of hydrogen-bond acceptors (Lipinski definition) is 4. The normalized spacial score (nSPS) is 29.8. The predicted octanol–water partition coefficient (Wildman–Crippen LogP) is 0.818. The van der Waals surface area contributed by atoms with Crippen LogP contribution in [0, 0.1) is 10.8 Å². The van der Waals surface area contributed by atoms with Gasteiger partial charge in [-0.05, 0) is 25.7 Å². The van der Waals surface area contributed by atoms with E-state index in [9.17, 15) is 4.79 Å². The van der Waals surface area contributed by atoms with Crippen LogP contribution in [0.4, 0.5) is 4.79 Å². The third-order valence-electron chi connectivity index (χ3n) is 6.83. The fourth-order valence-corrected chi connectivity index (χ4v) is 5.08. The molecule has 0 aromatic carbocycles. The minimum absolute atomic E-state index is 0.262. The van der Waals surface area contributed by atoms with Crippen molar-refractivity contribution in [3.05, 3.63) is 12.2 Å². The summed E-state index contributed by atoms with van der Waals surface area (Å²) in [6.45, 7) is 5.95. The van der Waals surface area contributed by atoms with E-state index in [1.165, 1.54) is 12.8 Å². The van der Waals surface area contributed by atoms with E-state index < -0.39 is 0 Å². The molecule has 0 atom stereocenters. The Morgan fingerprint density at radius 3 is 2.33 bits per heavy atom. The average Bonchev–Trinajstić information content (AvgIpc) is 3.12. The third kappa shape index (κ3) is 1.84. The second-order valence-electron chi connectivity index (χ2n) is 9.02. The predicted molar refractivity (Wildman–Crippen MR) is 86.5 cm³/mol. The lowest BCUT2D eigenvalue weighted by Gasteiger charge is -2.62. The van der Waals surface area contributed by atoms with Crippen LogP contribution in [0.3, 0.4) is 0 Å². The molecule has 7 heteroatoms. The van der Waals surface area contributed by atoms with Crippen molar-refractivity contribution in [2.24, 2.45) is 10.8 Å². The van der Waals surface area contributed by atoms with Crippen LogP contribution in [-0.4, -0.2) is 69.9 Å². The summed E-state index contributed by atoms with van der Waals surface area (Å²) in [5.74, 6) is 1.67. The monoisotopic (exact) mass is 328 g/mol. The molecule has 3 aliphatic heterocycles. The lowest BCUT2D eigenvalue weighted by Crippen LogP contribution is -2.75. The maximum atomic E-state index is 12.5. The van der Waals surface area contributed by atoms with Crippen LogP contribution in [0.25, 0.3) is 0 Å². The van der Waals surface area contributed by atoms with E-state index >= 15 is 0 Å². The number of aromatic nitrogens is 3. The van der Waals surface area contributed by atoms with E-state index in [0.29, 0.717) is 22.8 Å². The maximum absolute atomic E-state index is 12.5. The van der Waals surface area contributed by atoms with E-state index in [0.717, 1.165) is 57.9 Å². The summed E-state index contributed by atoms with van der Waals surface area (Å²) in [6.07, 6.45) is 6.72. The fraction of sp³-hybridized carbons (Fsp3) is 0.824. The number of nitrogens with zero attached hydrogens (tertiary/aromatic N) is 5. The van der Waals surface area contributed by atoms with Crippen molar-refractivity contribution in [1.29, 1.82) is 0 Å². The van der Waals surface area contributed by atoms with Crippen molar-refractivity contribution in [1.82, 2.24) is 29.9 Å². The Hall–Kier alpha value is -1.63. The highest BCUT2D eigenvalue weighted by Gasteiger charge is 2.57. The SMILES string of the molecule is O=C(N1CC2(CNC2)C1)N1CC2(CC(n3cnc(C4CC4)n3)C2)C1. The Morgan fingerprint density at radius 1 is 1.08 bits per heavy atom. The minimum atomic E-state index is 0.262. The van der Waals surface area contributed by atoms with Gasteiger partial charge in [0.05, 0.1) is 6.04 Å². The van der Waals surface area contributed by atoms with Crippen molar-refractivity contribution < 1.29 is 4.79 Å². The molecule has 7 nitrogen and oxygen atoms in total. The van der Waals surface area contributed by atoms with Crippen molar-refractivity contribution in [2.45, 2.75) is 37.6 Å². The number of rotatable bonds is 2. The molecule has 2 spiro atoms. The number of carbonyl (C=O) groups is 1. The number of nitrogens with one attached hydrogen (secondary N) is 1. The first-order chi connectivity index (χ1) is 11.6. The summed E-state index contributed by atoms with van der Waals surface area (Å²) in [4.78, 5) is 21.0. The molecule has 128 valence electrons. The van der Waals surface area contributed by atoms with Gasteiger partial charge in [-0.25, -0.2) is 14.5 Å². The molecule has 0 unspecified atom stereocenters. The van der Waals surface area contributed by atoms with E-state index in [1.54, 1.807) is 0 Å². The maximum Gasteiger partial charge on any atom is 0.320 e. The second kappa shape index (κ2) is 4.31. The van der Waals surface area contributed by atoms with Gasteiger partial charge < -0.3 is 15.1 Å². The first-order valence-electron chi connectivity index (χ1n) is 9.30. The third-order valence-corrected chi connectivity index (χ3v) is 6.83. The molecule has 1 N–H and O–H groups in total. The molecular weight excluding hydrogens is 304 g/mol. The van der Waals surface area contributed by atoms with Crippen LogP contribution < -0.4 is 5.32 Å². The highest BCUT2D eigenvalue weighted by atomic mass is 16.2. The summed E-state index contributed by atoms with van der Waals surface area (Å²) in [6, 6.07) is 0.758. The lowest BCUT2D eigenvalue weighted by molar-refractivity contribution is -0.0901. The summed E-state index contributed by atoms with van der Waals surface area (Å²) in [7, 11) is 0. The number of hydrogen-bond donors (Lipinski definition) is 1. The van der Waals surface area contributed by atoms with Crippen LogP contribution in [0.5, 0.6) is 0 Å². The summed E-state index contributed by atoms with van der Waals surface area (Å²) in [5.41, 5.74) is 0.790. The van der Waals surface area contributed by atoms with Gasteiger partial charge >= 0.3 is 6.03 Å². The molecule has 2 aliphatic carbocycles. The van der Waals surface area contributed by atoms with Crippen molar-refractivity contribution >= 4 is 6.03 Å². The zero-order valence-electron chi connectivity index (χ0n) is 13.9. The Morgan fingerprint density at radius 2 is 1.75 bits per heavy atom. The van der Waals surface area contributed by atoms with Gasteiger partial charge in [-0.3, -0.25) is 0 Å². The molecule has 2 saturated carbocycles. The van der Waals surface area contributed by atoms with E-state index in [1.807, 2.05) is 16.1 Å². The zero-order chi connectivity index (χ0) is 15.9. The smallest absolute Gasteiger partial charge is 0.320 e. The first kappa shape index (κ1) is 13.6. The summed E-state index contributed by atoms with van der Waals surface area (Å²) in [5, 5.41) is 7.99. The molecule has 0 radical (unpaired) electrons. The molecule has 6 rings (SSSR count). The van der Waals surface area contributed by atoms with Crippen molar-refractivity contribution in [2.75, 3.05) is 39.3 Å². The quantitative estimate of drug-likeness (QED) is 0.873. The number of urea groups is 1. The molecular formula is C17H24N6O. The molecule has 3 saturated heterocycles. The molecule has 2 amide bonds. The standard InChI is InChI=1S/C17H24N6O/c24-15(22-9-17(10-22)5-18-6-17)21-7-16(8-21)3-13(4-16)23-11-19-14(20-23)12-1-2-12/h11-13,18H,1-10H2. The van der Waals surface area contributed by atoms with Crippen LogP contribution >= 0.6 is 0 Å². The molecule has 4 heterocycles. The number of carbonyl (C=O) groups excluding carboxylic acids is 1. The Kier molecular flexibility index (Phi) is 2.45. The minimum Gasteiger partial charge on any atom is -0.323 e. The highest BCUT2D eigenvalue weighted by Crippen LogP contribution is 2.54. The highest BCUT2D eigenvalue weighted by molar-refractivity contribution is 5.77.